The number of aryl methyl sites for hydroxylation is 3. The van der Waals surface area contributed by atoms with Crippen molar-refractivity contribution in [2.75, 3.05) is 10.8 Å². The van der Waals surface area contributed by atoms with Gasteiger partial charge in [-0.1, -0.05) is 41.9 Å². The van der Waals surface area contributed by atoms with E-state index in [1.165, 1.54) is 48.2 Å². The average Bonchev–Trinajstić information content (AvgIpc) is 2.82. The van der Waals surface area contributed by atoms with Gasteiger partial charge in [0.15, 0.2) is 0 Å². The third-order valence-electron chi connectivity index (χ3n) is 6.23. The van der Waals surface area contributed by atoms with E-state index in [0.717, 1.165) is 28.3 Å². The highest BCUT2D eigenvalue weighted by Crippen LogP contribution is 2.27. The molecule has 0 unspecified atom stereocenters. The summed E-state index contributed by atoms with van der Waals surface area (Å²) in [6.45, 7) is 3.48. The summed E-state index contributed by atoms with van der Waals surface area (Å²) in [4.78, 5) is 13.2. The molecule has 0 heterocycles. The van der Waals surface area contributed by atoms with Crippen molar-refractivity contribution in [3.63, 3.8) is 0 Å². The van der Waals surface area contributed by atoms with Gasteiger partial charge in [0.2, 0.25) is 5.91 Å². The molecule has 0 aliphatic heterocycles. The zero-order valence-corrected chi connectivity index (χ0v) is 21.0. The first-order valence-corrected chi connectivity index (χ1v) is 13.3. The summed E-state index contributed by atoms with van der Waals surface area (Å²) in [5, 5.41) is 3.43. The summed E-state index contributed by atoms with van der Waals surface area (Å²) in [6.07, 6.45) is 4.56. The van der Waals surface area contributed by atoms with Gasteiger partial charge < -0.3 is 5.32 Å². The van der Waals surface area contributed by atoms with E-state index in [2.05, 4.69) is 23.5 Å². The van der Waals surface area contributed by atoms with E-state index in [9.17, 15) is 13.2 Å². The fourth-order valence-electron chi connectivity index (χ4n) is 4.36. The first-order chi connectivity index (χ1) is 16.2. The lowest BCUT2D eigenvalue weighted by atomic mass is 9.89. The normalized spacial score (nSPS) is 14.2. The van der Waals surface area contributed by atoms with Gasteiger partial charge in [0.05, 0.1) is 16.6 Å². The Kier molecular flexibility index (Phi) is 7.29. The van der Waals surface area contributed by atoms with Gasteiger partial charge in [-0.05, 0) is 98.2 Å². The first-order valence-electron chi connectivity index (χ1n) is 11.5. The lowest BCUT2D eigenvalue weighted by molar-refractivity contribution is -0.120. The van der Waals surface area contributed by atoms with Crippen LogP contribution in [0, 0.1) is 6.92 Å². The van der Waals surface area contributed by atoms with E-state index in [0.29, 0.717) is 10.7 Å². The Bertz CT molecular complexity index is 1290. The van der Waals surface area contributed by atoms with E-state index >= 15 is 0 Å². The molecule has 3 aromatic carbocycles. The topological polar surface area (TPSA) is 66.5 Å². The Balaban J connectivity index is 1.57. The molecule has 1 aliphatic rings. The van der Waals surface area contributed by atoms with E-state index in [-0.39, 0.29) is 23.4 Å². The van der Waals surface area contributed by atoms with Gasteiger partial charge in [0.1, 0.15) is 6.54 Å². The van der Waals surface area contributed by atoms with Crippen LogP contribution in [-0.4, -0.2) is 20.9 Å². The Labute approximate surface area is 206 Å². The third-order valence-corrected chi connectivity index (χ3v) is 8.27. The van der Waals surface area contributed by atoms with Gasteiger partial charge in [-0.15, -0.1) is 0 Å². The van der Waals surface area contributed by atoms with Crippen molar-refractivity contribution in [3.8, 4) is 0 Å². The monoisotopic (exact) mass is 496 g/mol. The van der Waals surface area contributed by atoms with Crippen molar-refractivity contribution in [2.45, 2.75) is 50.5 Å². The number of halogens is 1. The minimum Gasteiger partial charge on any atom is -0.348 e. The Hall–Kier alpha value is -2.83. The Morgan fingerprint density at radius 3 is 2.41 bits per heavy atom. The third kappa shape index (κ3) is 5.45. The Morgan fingerprint density at radius 2 is 1.71 bits per heavy atom. The molecule has 0 saturated heterocycles. The second-order valence-corrected chi connectivity index (χ2v) is 11.1. The minimum atomic E-state index is -3.98. The van der Waals surface area contributed by atoms with Crippen LogP contribution >= 0.6 is 11.6 Å². The molecule has 1 aliphatic carbocycles. The number of benzene rings is 3. The number of hydrogen-bond donors (Lipinski definition) is 1. The second-order valence-electron chi connectivity index (χ2n) is 8.83. The molecular formula is C27H29ClN2O3S. The number of amides is 1. The number of carbonyl (C=O) groups is 1. The summed E-state index contributed by atoms with van der Waals surface area (Å²) in [5.41, 5.74) is 5.09. The number of hydrogen-bond acceptors (Lipinski definition) is 3. The minimum absolute atomic E-state index is 0.0777. The van der Waals surface area contributed by atoms with Gasteiger partial charge in [0.25, 0.3) is 10.0 Å². The zero-order valence-electron chi connectivity index (χ0n) is 19.4. The largest absolute Gasteiger partial charge is 0.348 e. The quantitative estimate of drug-likeness (QED) is 0.463. The molecule has 4 rings (SSSR count). The van der Waals surface area contributed by atoms with Crippen LogP contribution in [0.1, 0.15) is 48.1 Å². The lowest BCUT2D eigenvalue weighted by Gasteiger charge is -2.26. The SMILES string of the molecule is Cc1cccc(N(CC(=O)N[C@@H](C)c2ccc3c(c2)CCCC3)S(=O)(=O)c2ccc(Cl)cc2)c1. The van der Waals surface area contributed by atoms with Crippen molar-refractivity contribution in [1.29, 1.82) is 0 Å². The molecule has 5 nitrogen and oxygen atoms in total. The van der Waals surface area contributed by atoms with Crippen LogP contribution < -0.4 is 9.62 Å². The summed E-state index contributed by atoms with van der Waals surface area (Å²) in [7, 11) is -3.98. The maximum absolute atomic E-state index is 13.5. The smallest absolute Gasteiger partial charge is 0.264 e. The maximum Gasteiger partial charge on any atom is 0.264 e. The molecule has 0 aromatic heterocycles. The van der Waals surface area contributed by atoms with Gasteiger partial charge in [-0.2, -0.15) is 0 Å². The summed E-state index contributed by atoms with van der Waals surface area (Å²) < 4.78 is 28.2. The zero-order chi connectivity index (χ0) is 24.3. The van der Waals surface area contributed by atoms with Gasteiger partial charge in [0, 0.05) is 5.02 Å². The van der Waals surface area contributed by atoms with E-state index in [4.69, 9.17) is 11.6 Å². The first kappa shape index (κ1) is 24.3. The summed E-state index contributed by atoms with van der Waals surface area (Å²) >= 11 is 5.95. The highest BCUT2D eigenvalue weighted by atomic mass is 35.5. The highest BCUT2D eigenvalue weighted by Gasteiger charge is 2.28. The van der Waals surface area contributed by atoms with Crippen LogP contribution in [0.15, 0.2) is 71.6 Å². The predicted molar refractivity (Wildman–Crippen MR) is 137 cm³/mol. The van der Waals surface area contributed by atoms with E-state index < -0.39 is 10.0 Å². The molecule has 0 saturated carbocycles. The van der Waals surface area contributed by atoms with Crippen LogP contribution in [0.4, 0.5) is 5.69 Å². The van der Waals surface area contributed by atoms with Crippen molar-refractivity contribution >= 4 is 33.2 Å². The molecule has 1 atom stereocenters. The number of fused-ring (bicyclic) bond motifs is 1. The van der Waals surface area contributed by atoms with Crippen molar-refractivity contribution in [2.24, 2.45) is 0 Å². The average molecular weight is 497 g/mol. The number of sulfonamides is 1. The number of rotatable bonds is 7. The van der Waals surface area contributed by atoms with Crippen LogP contribution in [0.2, 0.25) is 5.02 Å². The van der Waals surface area contributed by atoms with Gasteiger partial charge in [-0.25, -0.2) is 8.42 Å². The number of anilines is 1. The maximum atomic E-state index is 13.5. The van der Waals surface area contributed by atoms with Crippen LogP contribution in [0.5, 0.6) is 0 Å². The molecule has 34 heavy (non-hydrogen) atoms. The second kappa shape index (κ2) is 10.2. The fraction of sp³-hybridized carbons (Fsp3) is 0.296. The highest BCUT2D eigenvalue weighted by molar-refractivity contribution is 7.92. The molecule has 7 heteroatoms. The molecular weight excluding hydrogens is 468 g/mol. The molecule has 1 N–H and O–H groups in total. The van der Waals surface area contributed by atoms with Crippen molar-refractivity contribution in [1.82, 2.24) is 5.32 Å². The Morgan fingerprint density at radius 1 is 1.00 bits per heavy atom. The van der Waals surface area contributed by atoms with Crippen molar-refractivity contribution < 1.29 is 13.2 Å². The molecule has 0 radical (unpaired) electrons. The number of nitrogens with zero attached hydrogens (tertiary/aromatic N) is 1. The van der Waals surface area contributed by atoms with E-state index in [1.54, 1.807) is 18.2 Å². The summed E-state index contributed by atoms with van der Waals surface area (Å²) in [6, 6.07) is 19.2. The van der Waals surface area contributed by atoms with Crippen molar-refractivity contribution in [3.05, 3.63) is 94.0 Å². The van der Waals surface area contributed by atoms with Crippen LogP contribution in [0.25, 0.3) is 0 Å². The van der Waals surface area contributed by atoms with Crippen LogP contribution in [-0.2, 0) is 27.7 Å². The molecule has 0 spiro atoms. The number of carbonyl (C=O) groups excluding carboxylic acids is 1. The number of nitrogens with one attached hydrogen (secondary N) is 1. The standard InChI is InChI=1S/C27H29ClN2O3S/c1-19-6-5-9-25(16-19)30(34(32,33)26-14-12-24(28)13-15-26)18-27(31)29-20(2)22-11-10-21-7-3-4-8-23(21)17-22/h5-6,9-17,20H,3-4,7-8,18H2,1-2H3,(H,29,31)/t20-/m0/s1. The molecule has 0 fully saturated rings. The molecule has 3 aromatic rings. The summed E-state index contributed by atoms with van der Waals surface area (Å²) in [5.74, 6) is -0.371. The molecule has 0 bridgehead atoms. The molecule has 1 amide bonds. The predicted octanol–water partition coefficient (Wildman–Crippen LogP) is 5.60. The van der Waals surface area contributed by atoms with Crippen LogP contribution in [0.3, 0.4) is 0 Å². The fourth-order valence-corrected chi connectivity index (χ4v) is 5.89. The van der Waals surface area contributed by atoms with Gasteiger partial charge in [-0.3, -0.25) is 9.10 Å². The van der Waals surface area contributed by atoms with E-state index in [1.807, 2.05) is 19.9 Å². The lowest BCUT2D eigenvalue weighted by Crippen LogP contribution is -2.41. The molecule has 178 valence electrons. The van der Waals surface area contributed by atoms with Gasteiger partial charge >= 0.3 is 0 Å².